The Morgan fingerprint density at radius 1 is 1.21 bits per heavy atom. The standard InChI is InChI=1S/C22H21N2O3S/c1-23-11-16-15(10-17(23)13-6-4-3-5-7-13)19(14-8-9-14)21-24(20(16)25)18(12-28-21)22(26)27-2/h3-7,10-11,14,18H,8-9,12H2,1-2H3/q+1/t18-/m0/s1. The average molecular weight is 393 g/mol. The Morgan fingerprint density at radius 2 is 1.96 bits per heavy atom. The molecule has 5 nitrogen and oxygen atoms in total. The van der Waals surface area contributed by atoms with Crippen LogP contribution in [0.3, 0.4) is 0 Å². The van der Waals surface area contributed by atoms with E-state index >= 15 is 0 Å². The Labute approximate surface area is 166 Å². The summed E-state index contributed by atoms with van der Waals surface area (Å²) in [5, 5.41) is 2.64. The molecule has 0 saturated heterocycles. The van der Waals surface area contributed by atoms with Gasteiger partial charge in [-0.1, -0.05) is 18.2 Å². The van der Waals surface area contributed by atoms with E-state index in [9.17, 15) is 9.59 Å². The largest absolute Gasteiger partial charge is 0.467 e. The van der Waals surface area contributed by atoms with Crippen LogP contribution in [0.25, 0.3) is 22.0 Å². The van der Waals surface area contributed by atoms with E-state index in [2.05, 4.69) is 18.2 Å². The third-order valence-electron chi connectivity index (χ3n) is 5.68. The van der Waals surface area contributed by atoms with Crippen LogP contribution in [-0.2, 0) is 16.6 Å². The van der Waals surface area contributed by atoms with Crippen LogP contribution < -0.4 is 10.1 Å². The highest BCUT2D eigenvalue weighted by molar-refractivity contribution is 7.99. The number of fused-ring (bicyclic) bond motifs is 2. The SMILES string of the molecule is COC(=O)[C@@H]1CSc2c(C3CC3)c3cc(-c4ccccc4)[n+](C)cc3c(=O)n21. The van der Waals surface area contributed by atoms with Crippen LogP contribution in [0.4, 0.5) is 0 Å². The number of nitrogens with zero attached hydrogens (tertiary/aromatic N) is 2. The minimum atomic E-state index is -0.543. The number of ether oxygens (including phenoxy) is 1. The van der Waals surface area contributed by atoms with Gasteiger partial charge in [-0.15, -0.1) is 11.8 Å². The molecular weight excluding hydrogens is 372 g/mol. The fraction of sp³-hybridized carbons (Fsp3) is 0.318. The van der Waals surface area contributed by atoms with Gasteiger partial charge in [-0.05, 0) is 36.5 Å². The Morgan fingerprint density at radius 3 is 2.64 bits per heavy atom. The van der Waals surface area contributed by atoms with Crippen molar-refractivity contribution in [3.8, 4) is 11.3 Å². The number of aryl methyl sites for hydroxylation is 1. The molecule has 142 valence electrons. The first kappa shape index (κ1) is 17.5. The summed E-state index contributed by atoms with van der Waals surface area (Å²) < 4.78 is 8.63. The molecule has 0 bridgehead atoms. The van der Waals surface area contributed by atoms with Gasteiger partial charge in [0.05, 0.1) is 12.1 Å². The van der Waals surface area contributed by atoms with Crippen molar-refractivity contribution in [1.29, 1.82) is 0 Å². The van der Waals surface area contributed by atoms with Crippen molar-refractivity contribution >= 4 is 28.5 Å². The molecule has 2 aliphatic rings. The Hall–Kier alpha value is -2.60. The predicted octanol–water partition coefficient (Wildman–Crippen LogP) is 3.19. The zero-order valence-electron chi connectivity index (χ0n) is 15.8. The van der Waals surface area contributed by atoms with Crippen LogP contribution in [0, 0.1) is 0 Å². The second kappa shape index (κ2) is 6.48. The topological polar surface area (TPSA) is 52.2 Å². The number of carbonyl (C=O) groups excluding carboxylic acids is 1. The van der Waals surface area contributed by atoms with Crippen molar-refractivity contribution in [2.24, 2.45) is 7.05 Å². The smallest absolute Gasteiger partial charge is 0.329 e. The van der Waals surface area contributed by atoms with Crippen molar-refractivity contribution in [3.05, 3.63) is 58.5 Å². The number of rotatable bonds is 3. The third kappa shape index (κ3) is 2.58. The molecular formula is C22H21N2O3S+. The first-order valence-electron chi connectivity index (χ1n) is 9.48. The van der Waals surface area contributed by atoms with E-state index in [1.165, 1.54) is 12.7 Å². The molecule has 1 aliphatic carbocycles. The van der Waals surface area contributed by atoms with Crippen molar-refractivity contribution in [1.82, 2.24) is 4.57 Å². The Balaban J connectivity index is 1.83. The van der Waals surface area contributed by atoms with Gasteiger partial charge in [0.15, 0.2) is 6.20 Å². The molecule has 3 heterocycles. The average Bonchev–Trinajstić information content (AvgIpc) is 3.46. The number of aromatic nitrogens is 2. The quantitative estimate of drug-likeness (QED) is 0.507. The van der Waals surface area contributed by atoms with E-state index in [1.807, 2.05) is 36.0 Å². The van der Waals surface area contributed by atoms with Crippen LogP contribution in [0.15, 0.2) is 52.4 Å². The molecule has 1 aliphatic heterocycles. The Kier molecular flexibility index (Phi) is 4.05. The van der Waals surface area contributed by atoms with Crippen LogP contribution in [-0.4, -0.2) is 23.4 Å². The summed E-state index contributed by atoms with van der Waals surface area (Å²) in [6, 6.07) is 11.8. The number of methoxy groups -OCH3 is 1. The van der Waals surface area contributed by atoms with Crippen LogP contribution in [0.2, 0.25) is 0 Å². The lowest BCUT2D eigenvalue weighted by Crippen LogP contribution is -2.35. The van der Waals surface area contributed by atoms with Gasteiger partial charge in [0.1, 0.15) is 18.5 Å². The summed E-state index contributed by atoms with van der Waals surface area (Å²) >= 11 is 1.60. The number of thioether (sulfide) groups is 1. The molecule has 3 aromatic rings. The summed E-state index contributed by atoms with van der Waals surface area (Å²) in [6.45, 7) is 0. The van der Waals surface area contributed by atoms with Gasteiger partial charge in [0.2, 0.25) is 5.69 Å². The van der Waals surface area contributed by atoms with Crippen molar-refractivity contribution in [2.75, 3.05) is 12.9 Å². The zero-order valence-corrected chi connectivity index (χ0v) is 16.7. The summed E-state index contributed by atoms with van der Waals surface area (Å²) in [6.07, 6.45) is 4.17. The molecule has 0 spiro atoms. The highest BCUT2D eigenvalue weighted by Crippen LogP contribution is 2.49. The zero-order chi connectivity index (χ0) is 19.4. The van der Waals surface area contributed by atoms with Gasteiger partial charge >= 0.3 is 5.97 Å². The molecule has 1 aromatic carbocycles. The first-order valence-corrected chi connectivity index (χ1v) is 10.5. The predicted molar refractivity (Wildman–Crippen MR) is 109 cm³/mol. The lowest BCUT2D eigenvalue weighted by atomic mass is 10.0. The summed E-state index contributed by atoms with van der Waals surface area (Å²) in [7, 11) is 3.34. The van der Waals surface area contributed by atoms with E-state index < -0.39 is 6.04 Å². The molecule has 1 saturated carbocycles. The van der Waals surface area contributed by atoms with Crippen molar-refractivity contribution < 1.29 is 14.1 Å². The minimum Gasteiger partial charge on any atom is -0.467 e. The molecule has 1 fully saturated rings. The minimum absolute atomic E-state index is 0.106. The fourth-order valence-electron chi connectivity index (χ4n) is 4.14. The van der Waals surface area contributed by atoms with Crippen molar-refractivity contribution in [2.45, 2.75) is 29.8 Å². The van der Waals surface area contributed by atoms with E-state index in [-0.39, 0.29) is 11.5 Å². The molecule has 0 radical (unpaired) electrons. The maximum Gasteiger partial charge on any atom is 0.329 e. The third-order valence-corrected chi connectivity index (χ3v) is 6.85. The molecule has 0 amide bonds. The first-order chi connectivity index (χ1) is 13.6. The second-order valence-electron chi connectivity index (χ2n) is 7.48. The van der Waals surface area contributed by atoms with Gasteiger partial charge in [0, 0.05) is 22.8 Å². The number of hydrogen-bond donors (Lipinski definition) is 0. The highest BCUT2D eigenvalue weighted by Gasteiger charge is 2.39. The van der Waals surface area contributed by atoms with Gasteiger partial charge in [0.25, 0.3) is 5.56 Å². The lowest BCUT2D eigenvalue weighted by molar-refractivity contribution is -0.659. The summed E-state index contributed by atoms with van der Waals surface area (Å²) in [4.78, 5) is 25.6. The summed E-state index contributed by atoms with van der Waals surface area (Å²) in [5.74, 6) is 0.666. The molecule has 6 heteroatoms. The molecule has 5 rings (SSSR count). The lowest BCUT2D eigenvalue weighted by Gasteiger charge is -2.16. The molecule has 0 N–H and O–H groups in total. The highest BCUT2D eigenvalue weighted by atomic mass is 32.2. The number of pyridine rings is 2. The monoisotopic (exact) mass is 393 g/mol. The fourth-order valence-corrected chi connectivity index (χ4v) is 5.53. The van der Waals surface area contributed by atoms with Gasteiger partial charge in [-0.25, -0.2) is 9.36 Å². The van der Waals surface area contributed by atoms with Gasteiger partial charge < -0.3 is 4.74 Å². The van der Waals surface area contributed by atoms with Gasteiger partial charge in [-0.2, -0.15) is 0 Å². The Bertz CT molecular complexity index is 1170. The normalized spacial score (nSPS) is 18.3. The van der Waals surface area contributed by atoms with E-state index in [1.54, 1.807) is 16.3 Å². The van der Waals surface area contributed by atoms with Gasteiger partial charge in [-0.3, -0.25) is 9.36 Å². The molecule has 28 heavy (non-hydrogen) atoms. The van der Waals surface area contributed by atoms with E-state index in [0.717, 1.165) is 34.5 Å². The maximum absolute atomic E-state index is 13.4. The number of carbonyl (C=O) groups is 1. The van der Waals surface area contributed by atoms with Crippen LogP contribution in [0.5, 0.6) is 0 Å². The molecule has 2 aromatic heterocycles. The second-order valence-corrected chi connectivity index (χ2v) is 8.49. The van der Waals surface area contributed by atoms with Crippen LogP contribution in [0.1, 0.15) is 30.4 Å². The molecule has 1 atom stereocenters. The van der Waals surface area contributed by atoms with E-state index in [0.29, 0.717) is 17.1 Å². The van der Waals surface area contributed by atoms with Crippen LogP contribution >= 0.6 is 11.8 Å². The number of esters is 1. The molecule has 0 unspecified atom stereocenters. The summed E-state index contributed by atoms with van der Waals surface area (Å²) in [5.41, 5.74) is 3.31. The van der Waals surface area contributed by atoms with E-state index in [4.69, 9.17) is 4.74 Å². The number of hydrogen-bond acceptors (Lipinski definition) is 4. The number of benzene rings is 1. The maximum atomic E-state index is 13.4. The van der Waals surface area contributed by atoms with Crippen molar-refractivity contribution in [3.63, 3.8) is 0 Å².